The molecule has 6 heteroatoms. The average molecular weight is 382 g/mol. The first-order valence-electron chi connectivity index (χ1n) is 9.12. The van der Waals surface area contributed by atoms with Crippen LogP contribution in [0, 0.1) is 13.8 Å². The highest BCUT2D eigenvalue weighted by molar-refractivity contribution is 7.99. The first-order valence-corrected chi connectivity index (χ1v) is 10.1. The van der Waals surface area contributed by atoms with Crippen LogP contribution >= 0.6 is 11.8 Å². The van der Waals surface area contributed by atoms with E-state index in [0.717, 1.165) is 41.0 Å². The van der Waals surface area contributed by atoms with Gasteiger partial charge in [0, 0.05) is 17.0 Å². The summed E-state index contributed by atoms with van der Waals surface area (Å²) in [6.07, 6.45) is 1.10. The lowest BCUT2D eigenvalue weighted by molar-refractivity contribution is -0.130. The maximum Gasteiger partial charge on any atom is 0.196 e. The fraction of sp³-hybridized carbons (Fsp3) is 0.333. The van der Waals surface area contributed by atoms with Crippen LogP contribution in [-0.4, -0.2) is 40.0 Å². The molecule has 1 atom stereocenters. The minimum atomic E-state index is 0.190. The highest BCUT2D eigenvalue weighted by Gasteiger charge is 2.20. The van der Waals surface area contributed by atoms with Crippen molar-refractivity contribution in [2.45, 2.75) is 31.5 Å². The fourth-order valence-corrected chi connectivity index (χ4v) is 4.00. The summed E-state index contributed by atoms with van der Waals surface area (Å²) in [5.74, 6) is 1.69. The van der Waals surface area contributed by atoms with Crippen LogP contribution in [0.4, 0.5) is 0 Å². The van der Waals surface area contributed by atoms with Gasteiger partial charge in [-0.1, -0.05) is 59.3 Å². The van der Waals surface area contributed by atoms with E-state index in [1.165, 1.54) is 11.1 Å². The maximum absolute atomic E-state index is 5.67. The van der Waals surface area contributed by atoms with Gasteiger partial charge in [-0.2, -0.15) is 0 Å². The molecule has 1 saturated heterocycles. The maximum atomic E-state index is 5.67. The molecule has 1 aromatic heterocycles. The van der Waals surface area contributed by atoms with Crippen molar-refractivity contribution in [1.29, 1.82) is 0 Å². The standard InChI is InChI=1S/C21H23N3O2S/c1-15-3-7-17(8-4-15)20-22-23-21(27-13-19-11-12-25-14-26-19)24(20)18-9-5-16(2)6-10-18/h3-10,19H,11-14H2,1-2H3/t19-/m1/s1. The van der Waals surface area contributed by atoms with Crippen molar-refractivity contribution in [3.8, 4) is 17.1 Å². The molecule has 140 valence electrons. The number of hydrogen-bond acceptors (Lipinski definition) is 5. The molecule has 5 nitrogen and oxygen atoms in total. The Bertz CT molecular complexity index is 885. The van der Waals surface area contributed by atoms with Crippen molar-refractivity contribution in [3.05, 3.63) is 59.7 Å². The second-order valence-electron chi connectivity index (χ2n) is 6.76. The highest BCUT2D eigenvalue weighted by atomic mass is 32.2. The van der Waals surface area contributed by atoms with E-state index in [2.05, 4.69) is 77.1 Å². The van der Waals surface area contributed by atoms with Gasteiger partial charge in [0.1, 0.15) is 6.79 Å². The van der Waals surface area contributed by atoms with Gasteiger partial charge >= 0.3 is 0 Å². The number of aryl methyl sites for hydroxylation is 2. The number of benzene rings is 2. The molecule has 1 aliphatic rings. The van der Waals surface area contributed by atoms with Gasteiger partial charge in [0.25, 0.3) is 0 Å². The molecule has 27 heavy (non-hydrogen) atoms. The highest BCUT2D eigenvalue weighted by Crippen LogP contribution is 2.29. The monoisotopic (exact) mass is 381 g/mol. The minimum absolute atomic E-state index is 0.190. The van der Waals surface area contributed by atoms with Crippen LogP contribution in [0.15, 0.2) is 53.7 Å². The predicted molar refractivity (Wildman–Crippen MR) is 107 cm³/mol. The molecule has 1 fully saturated rings. The summed E-state index contributed by atoms with van der Waals surface area (Å²) in [6.45, 7) is 5.31. The van der Waals surface area contributed by atoms with Crippen LogP contribution in [0.2, 0.25) is 0 Å². The van der Waals surface area contributed by atoms with Gasteiger partial charge in [0.05, 0.1) is 12.7 Å². The Morgan fingerprint density at radius 2 is 1.70 bits per heavy atom. The normalized spacial score (nSPS) is 17.2. The SMILES string of the molecule is Cc1ccc(-c2nnc(SC[C@H]3CCOCO3)n2-c2ccc(C)cc2)cc1. The van der Waals surface area contributed by atoms with E-state index < -0.39 is 0 Å². The molecule has 0 N–H and O–H groups in total. The summed E-state index contributed by atoms with van der Waals surface area (Å²) in [4.78, 5) is 0. The lowest BCUT2D eigenvalue weighted by Crippen LogP contribution is -2.25. The number of nitrogens with zero attached hydrogens (tertiary/aromatic N) is 3. The molecule has 0 bridgehead atoms. The Hall–Kier alpha value is -2.15. The van der Waals surface area contributed by atoms with Gasteiger partial charge in [-0.15, -0.1) is 10.2 Å². The van der Waals surface area contributed by atoms with Crippen molar-refractivity contribution < 1.29 is 9.47 Å². The molecule has 0 aliphatic carbocycles. The molecule has 0 spiro atoms. The molecular weight excluding hydrogens is 358 g/mol. The van der Waals surface area contributed by atoms with E-state index in [9.17, 15) is 0 Å². The molecular formula is C21H23N3O2S. The molecule has 0 unspecified atom stereocenters. The summed E-state index contributed by atoms with van der Waals surface area (Å²) in [5, 5.41) is 9.87. The van der Waals surface area contributed by atoms with Gasteiger partial charge < -0.3 is 9.47 Å². The van der Waals surface area contributed by atoms with Gasteiger partial charge in [-0.25, -0.2) is 0 Å². The van der Waals surface area contributed by atoms with Gasteiger partial charge in [0.15, 0.2) is 11.0 Å². The topological polar surface area (TPSA) is 49.2 Å². The Kier molecular flexibility index (Phi) is 5.57. The zero-order valence-electron chi connectivity index (χ0n) is 15.6. The van der Waals surface area contributed by atoms with Crippen LogP contribution < -0.4 is 0 Å². The Morgan fingerprint density at radius 1 is 1.00 bits per heavy atom. The van der Waals surface area contributed by atoms with Crippen molar-refractivity contribution in [2.75, 3.05) is 19.2 Å². The Balaban J connectivity index is 1.67. The molecule has 0 radical (unpaired) electrons. The molecule has 3 aromatic rings. The predicted octanol–water partition coefficient (Wildman–Crippen LogP) is 4.41. The minimum Gasteiger partial charge on any atom is -0.355 e. The summed E-state index contributed by atoms with van der Waals surface area (Å²) in [7, 11) is 0. The van der Waals surface area contributed by atoms with Crippen molar-refractivity contribution >= 4 is 11.8 Å². The van der Waals surface area contributed by atoms with Gasteiger partial charge in [-0.3, -0.25) is 4.57 Å². The lowest BCUT2D eigenvalue weighted by atomic mass is 10.1. The van der Waals surface area contributed by atoms with E-state index in [1.807, 2.05) is 0 Å². The zero-order chi connectivity index (χ0) is 18.6. The summed E-state index contributed by atoms with van der Waals surface area (Å²) < 4.78 is 13.1. The number of thioether (sulfide) groups is 1. The second-order valence-corrected chi connectivity index (χ2v) is 7.74. The third kappa shape index (κ3) is 4.24. The van der Waals surface area contributed by atoms with E-state index in [-0.39, 0.29) is 6.10 Å². The second kappa shape index (κ2) is 8.25. The summed E-state index contributed by atoms with van der Waals surface area (Å²) in [5.41, 5.74) is 4.58. The molecule has 2 heterocycles. The third-order valence-electron chi connectivity index (χ3n) is 4.60. The Morgan fingerprint density at radius 3 is 2.37 bits per heavy atom. The van der Waals surface area contributed by atoms with Gasteiger partial charge in [-0.05, 0) is 32.4 Å². The molecule has 0 amide bonds. The summed E-state index contributed by atoms with van der Waals surface area (Å²) in [6, 6.07) is 16.9. The van der Waals surface area contributed by atoms with Crippen LogP contribution in [0.3, 0.4) is 0 Å². The molecule has 0 saturated carbocycles. The first-order chi connectivity index (χ1) is 13.2. The smallest absolute Gasteiger partial charge is 0.196 e. The van der Waals surface area contributed by atoms with Crippen LogP contribution in [0.1, 0.15) is 17.5 Å². The Labute approximate surface area is 163 Å². The quantitative estimate of drug-likeness (QED) is 0.613. The van der Waals surface area contributed by atoms with Crippen LogP contribution in [0.5, 0.6) is 0 Å². The van der Waals surface area contributed by atoms with Crippen LogP contribution in [0.25, 0.3) is 17.1 Å². The molecule has 4 rings (SSSR count). The summed E-state index contributed by atoms with van der Waals surface area (Å²) >= 11 is 1.68. The van der Waals surface area contributed by atoms with E-state index in [1.54, 1.807) is 11.8 Å². The fourth-order valence-electron chi connectivity index (χ4n) is 2.98. The number of ether oxygens (including phenoxy) is 2. The zero-order valence-corrected chi connectivity index (χ0v) is 16.4. The molecule has 1 aliphatic heterocycles. The number of rotatable bonds is 5. The van der Waals surface area contributed by atoms with Crippen molar-refractivity contribution in [3.63, 3.8) is 0 Å². The van der Waals surface area contributed by atoms with E-state index in [0.29, 0.717) is 6.79 Å². The van der Waals surface area contributed by atoms with Gasteiger partial charge in [0.2, 0.25) is 0 Å². The van der Waals surface area contributed by atoms with E-state index >= 15 is 0 Å². The van der Waals surface area contributed by atoms with Crippen molar-refractivity contribution in [1.82, 2.24) is 14.8 Å². The first kappa shape index (κ1) is 18.2. The lowest BCUT2D eigenvalue weighted by Gasteiger charge is -2.22. The third-order valence-corrected chi connectivity index (χ3v) is 5.67. The van der Waals surface area contributed by atoms with E-state index in [4.69, 9.17) is 9.47 Å². The molecule has 2 aromatic carbocycles. The van der Waals surface area contributed by atoms with Crippen LogP contribution in [-0.2, 0) is 9.47 Å². The van der Waals surface area contributed by atoms with Crippen molar-refractivity contribution in [2.24, 2.45) is 0 Å². The number of aromatic nitrogens is 3. The largest absolute Gasteiger partial charge is 0.355 e. The number of hydrogen-bond donors (Lipinski definition) is 0. The average Bonchev–Trinajstić information content (AvgIpc) is 3.12.